The minimum absolute atomic E-state index is 0.366. The van der Waals surface area contributed by atoms with Gasteiger partial charge in [-0.3, -0.25) is 4.90 Å². The van der Waals surface area contributed by atoms with E-state index in [0.29, 0.717) is 30.1 Å². The summed E-state index contributed by atoms with van der Waals surface area (Å²) in [6.07, 6.45) is 0. The lowest BCUT2D eigenvalue weighted by Gasteiger charge is -2.30. The Labute approximate surface area is 109 Å². The Balaban J connectivity index is 2.50. The number of ether oxygens (including phenoxy) is 1. The lowest BCUT2D eigenvalue weighted by molar-refractivity contribution is 0.142. The Morgan fingerprint density at radius 3 is 2.28 bits per heavy atom. The summed E-state index contributed by atoms with van der Waals surface area (Å²) in [7, 11) is 0. The monoisotopic (exact) mass is 254 g/mol. The molecule has 0 aromatic heterocycles. The van der Waals surface area contributed by atoms with Crippen molar-refractivity contribution in [2.75, 3.05) is 18.9 Å². The Hall–Kier alpha value is -1.29. The molecule has 1 aromatic rings. The van der Waals surface area contributed by atoms with E-state index in [4.69, 9.17) is 10.5 Å². The molecule has 0 amide bonds. The molecule has 18 heavy (non-hydrogen) atoms. The average Bonchev–Trinajstić information content (AvgIpc) is 2.21. The molecule has 1 rings (SSSR count). The molecule has 0 saturated carbocycles. The van der Waals surface area contributed by atoms with Gasteiger partial charge in [-0.1, -0.05) is 0 Å². The maximum atomic E-state index is 13.1. The van der Waals surface area contributed by atoms with Crippen molar-refractivity contribution in [3.8, 4) is 5.75 Å². The summed E-state index contributed by atoms with van der Waals surface area (Å²) < 4.78 is 18.6. The normalized spacial score (nSPS) is 11.6. The van der Waals surface area contributed by atoms with Gasteiger partial charge >= 0.3 is 0 Å². The zero-order chi connectivity index (χ0) is 13.7. The van der Waals surface area contributed by atoms with Crippen molar-refractivity contribution >= 4 is 5.69 Å². The van der Waals surface area contributed by atoms with Crippen molar-refractivity contribution in [3.63, 3.8) is 0 Å². The van der Waals surface area contributed by atoms with Crippen molar-refractivity contribution in [3.05, 3.63) is 24.0 Å². The number of rotatable bonds is 6. The van der Waals surface area contributed by atoms with Crippen molar-refractivity contribution < 1.29 is 9.13 Å². The van der Waals surface area contributed by atoms with Crippen LogP contribution in [0.15, 0.2) is 18.2 Å². The summed E-state index contributed by atoms with van der Waals surface area (Å²) in [4.78, 5) is 2.32. The summed E-state index contributed by atoms with van der Waals surface area (Å²) in [6, 6.07) is 5.20. The third-order valence-corrected chi connectivity index (χ3v) is 2.84. The maximum absolute atomic E-state index is 13.1. The highest BCUT2D eigenvalue weighted by Gasteiger charge is 2.12. The van der Waals surface area contributed by atoms with Crippen LogP contribution in [0.4, 0.5) is 10.1 Å². The summed E-state index contributed by atoms with van der Waals surface area (Å²) in [5.41, 5.74) is 5.94. The summed E-state index contributed by atoms with van der Waals surface area (Å²) in [5, 5.41) is 0. The van der Waals surface area contributed by atoms with E-state index in [1.165, 1.54) is 12.1 Å². The molecule has 0 aliphatic heterocycles. The molecule has 0 heterocycles. The molecule has 2 N–H and O–H groups in total. The first kappa shape index (κ1) is 14.8. The van der Waals surface area contributed by atoms with Crippen LogP contribution in [0.1, 0.15) is 27.7 Å². The number of benzene rings is 1. The van der Waals surface area contributed by atoms with Gasteiger partial charge in [0.25, 0.3) is 0 Å². The highest BCUT2D eigenvalue weighted by Crippen LogP contribution is 2.17. The van der Waals surface area contributed by atoms with E-state index >= 15 is 0 Å². The van der Waals surface area contributed by atoms with Gasteiger partial charge in [-0.25, -0.2) is 4.39 Å². The minimum atomic E-state index is -0.366. The third kappa shape index (κ3) is 4.53. The van der Waals surface area contributed by atoms with Crippen LogP contribution in [0.25, 0.3) is 0 Å². The van der Waals surface area contributed by atoms with E-state index in [1.807, 2.05) is 0 Å². The molecule has 1 aromatic carbocycles. The molecule has 0 unspecified atom stereocenters. The van der Waals surface area contributed by atoms with Crippen molar-refractivity contribution in [1.82, 2.24) is 4.90 Å². The quantitative estimate of drug-likeness (QED) is 0.793. The first-order chi connectivity index (χ1) is 8.40. The molecule has 0 fully saturated rings. The fourth-order valence-corrected chi connectivity index (χ4v) is 2.05. The van der Waals surface area contributed by atoms with Crippen molar-refractivity contribution in [2.45, 2.75) is 39.8 Å². The number of halogens is 1. The van der Waals surface area contributed by atoms with Crippen molar-refractivity contribution in [1.29, 1.82) is 0 Å². The van der Waals surface area contributed by atoms with Gasteiger partial charge in [0.05, 0.1) is 0 Å². The molecule has 4 heteroatoms. The molecule has 0 aliphatic rings. The van der Waals surface area contributed by atoms with Gasteiger partial charge in [0.15, 0.2) is 0 Å². The SMILES string of the molecule is CC(C)N(CCOc1cc(N)cc(F)c1)C(C)C. The number of anilines is 1. The Morgan fingerprint density at radius 2 is 1.78 bits per heavy atom. The Bertz CT molecular complexity index is 352. The first-order valence-electron chi connectivity index (χ1n) is 6.34. The van der Waals surface area contributed by atoms with E-state index in [0.717, 1.165) is 6.54 Å². The van der Waals surface area contributed by atoms with Crippen LogP contribution in [0.2, 0.25) is 0 Å². The highest BCUT2D eigenvalue weighted by atomic mass is 19.1. The molecule has 0 bridgehead atoms. The molecule has 0 atom stereocenters. The first-order valence-corrected chi connectivity index (χ1v) is 6.34. The predicted octanol–water partition coefficient (Wildman–Crippen LogP) is 2.91. The van der Waals surface area contributed by atoms with Gasteiger partial charge in [0, 0.05) is 36.4 Å². The van der Waals surface area contributed by atoms with Crippen LogP contribution in [0.5, 0.6) is 5.75 Å². The summed E-state index contributed by atoms with van der Waals surface area (Å²) >= 11 is 0. The standard InChI is InChI=1S/C14H23FN2O/c1-10(2)17(11(3)4)5-6-18-14-8-12(15)7-13(16)9-14/h7-11H,5-6,16H2,1-4H3. The summed E-state index contributed by atoms with van der Waals surface area (Å²) in [6.45, 7) is 9.95. The number of nitrogen functional groups attached to an aromatic ring is 1. The van der Waals surface area contributed by atoms with Crippen LogP contribution < -0.4 is 10.5 Å². The smallest absolute Gasteiger partial charge is 0.128 e. The fourth-order valence-electron chi connectivity index (χ4n) is 2.05. The van der Waals surface area contributed by atoms with Gasteiger partial charge in [0.2, 0.25) is 0 Å². The van der Waals surface area contributed by atoms with Gasteiger partial charge in [-0.05, 0) is 33.8 Å². The largest absolute Gasteiger partial charge is 0.492 e. The number of nitrogens with two attached hydrogens (primary N) is 1. The molecule has 0 radical (unpaired) electrons. The number of nitrogens with zero attached hydrogens (tertiary/aromatic N) is 1. The third-order valence-electron chi connectivity index (χ3n) is 2.84. The summed E-state index contributed by atoms with van der Waals surface area (Å²) in [5.74, 6) is 0.120. The molecule has 0 aliphatic carbocycles. The van der Waals surface area contributed by atoms with Crippen LogP contribution in [-0.4, -0.2) is 30.1 Å². The van der Waals surface area contributed by atoms with Gasteiger partial charge in [0.1, 0.15) is 18.2 Å². The second kappa shape index (κ2) is 6.59. The lowest BCUT2D eigenvalue weighted by Crippen LogP contribution is -2.39. The van der Waals surface area contributed by atoms with E-state index in [-0.39, 0.29) is 5.82 Å². The zero-order valence-electron chi connectivity index (χ0n) is 11.6. The van der Waals surface area contributed by atoms with Gasteiger partial charge < -0.3 is 10.5 Å². The molecular weight excluding hydrogens is 231 g/mol. The zero-order valence-corrected chi connectivity index (χ0v) is 11.6. The molecular formula is C14H23FN2O. The molecule has 0 saturated heterocycles. The predicted molar refractivity (Wildman–Crippen MR) is 73.3 cm³/mol. The lowest BCUT2D eigenvalue weighted by atomic mass is 10.2. The van der Waals surface area contributed by atoms with Crippen LogP contribution in [-0.2, 0) is 0 Å². The van der Waals surface area contributed by atoms with E-state index in [1.54, 1.807) is 6.07 Å². The Kier molecular flexibility index (Phi) is 5.41. The topological polar surface area (TPSA) is 38.5 Å². The second-order valence-corrected chi connectivity index (χ2v) is 4.99. The van der Waals surface area contributed by atoms with E-state index in [9.17, 15) is 4.39 Å². The van der Waals surface area contributed by atoms with Crippen LogP contribution >= 0.6 is 0 Å². The highest BCUT2D eigenvalue weighted by molar-refractivity contribution is 5.44. The number of hydrogen-bond donors (Lipinski definition) is 1. The van der Waals surface area contributed by atoms with Crippen LogP contribution in [0, 0.1) is 5.82 Å². The fraction of sp³-hybridized carbons (Fsp3) is 0.571. The average molecular weight is 254 g/mol. The second-order valence-electron chi connectivity index (χ2n) is 4.99. The number of hydrogen-bond acceptors (Lipinski definition) is 3. The maximum Gasteiger partial charge on any atom is 0.128 e. The van der Waals surface area contributed by atoms with Gasteiger partial charge in [-0.15, -0.1) is 0 Å². The molecule has 102 valence electrons. The molecule has 0 spiro atoms. The van der Waals surface area contributed by atoms with E-state index < -0.39 is 0 Å². The van der Waals surface area contributed by atoms with Gasteiger partial charge in [-0.2, -0.15) is 0 Å². The van der Waals surface area contributed by atoms with Crippen LogP contribution in [0.3, 0.4) is 0 Å². The molecule has 3 nitrogen and oxygen atoms in total. The van der Waals surface area contributed by atoms with Crippen molar-refractivity contribution in [2.24, 2.45) is 0 Å². The minimum Gasteiger partial charge on any atom is -0.492 e. The van der Waals surface area contributed by atoms with E-state index in [2.05, 4.69) is 32.6 Å². The Morgan fingerprint density at radius 1 is 1.17 bits per heavy atom.